The Bertz CT molecular complexity index is 425. The van der Waals surface area contributed by atoms with Crippen molar-refractivity contribution in [1.29, 1.82) is 0 Å². The highest BCUT2D eigenvalue weighted by molar-refractivity contribution is 7.87. The maximum Gasteiger partial charge on any atom is 0.534 e. The van der Waals surface area contributed by atoms with Gasteiger partial charge in [0, 0.05) is 12.7 Å². The van der Waals surface area contributed by atoms with E-state index in [-0.39, 0.29) is 5.57 Å². The number of halogens is 3. The number of alkyl halides is 3. The molecule has 0 bridgehead atoms. The predicted molar refractivity (Wildman–Crippen MR) is 50.1 cm³/mol. The Balaban J connectivity index is 3.00. The van der Waals surface area contributed by atoms with Crippen molar-refractivity contribution in [2.24, 2.45) is 0 Å². The van der Waals surface area contributed by atoms with Crippen LogP contribution in [0.2, 0.25) is 0 Å². The summed E-state index contributed by atoms with van der Waals surface area (Å²) in [5, 5.41) is 0. The first-order valence-electron chi connectivity index (χ1n) is 4.50. The summed E-state index contributed by atoms with van der Waals surface area (Å²) in [5.74, 6) is -0.394. The Morgan fingerprint density at radius 3 is 2.24 bits per heavy atom. The Labute approximate surface area is 96.3 Å². The topological polar surface area (TPSA) is 61.8 Å². The predicted octanol–water partition coefficient (Wildman–Crippen LogP) is 1.52. The molecular formula is C8H11F3O5S. The van der Waals surface area contributed by atoms with Crippen LogP contribution < -0.4 is 0 Å². The molecule has 0 spiro atoms. The minimum Gasteiger partial charge on any atom is -0.378 e. The molecule has 1 rings (SSSR count). The molecule has 2 unspecified atom stereocenters. The second-order valence-corrected chi connectivity index (χ2v) is 4.91. The van der Waals surface area contributed by atoms with Crippen molar-refractivity contribution in [2.45, 2.75) is 31.7 Å². The second-order valence-electron chi connectivity index (χ2n) is 3.38. The first-order valence-corrected chi connectivity index (χ1v) is 5.90. The second kappa shape index (κ2) is 4.46. The minimum absolute atomic E-state index is 0.160. The first-order chi connectivity index (χ1) is 7.60. The molecule has 0 amide bonds. The third kappa shape index (κ3) is 2.72. The molecule has 0 aromatic carbocycles. The van der Waals surface area contributed by atoms with Crippen molar-refractivity contribution in [3.63, 3.8) is 0 Å². The van der Waals surface area contributed by atoms with Gasteiger partial charge in [-0.3, -0.25) is 0 Å². The van der Waals surface area contributed by atoms with Crippen LogP contribution in [0.1, 0.15) is 13.8 Å². The molecule has 0 saturated heterocycles. The van der Waals surface area contributed by atoms with Crippen LogP contribution in [0.25, 0.3) is 0 Å². The summed E-state index contributed by atoms with van der Waals surface area (Å²) in [5.41, 5.74) is -5.31. The highest BCUT2D eigenvalue weighted by atomic mass is 32.2. The molecule has 0 aromatic heterocycles. The lowest BCUT2D eigenvalue weighted by Crippen LogP contribution is -2.27. The summed E-state index contributed by atoms with van der Waals surface area (Å²) in [7, 11) is -4.39. The van der Waals surface area contributed by atoms with Crippen molar-refractivity contribution in [1.82, 2.24) is 0 Å². The van der Waals surface area contributed by atoms with Gasteiger partial charge in [0.05, 0.1) is 0 Å². The lowest BCUT2D eigenvalue weighted by Gasteiger charge is -2.13. The molecule has 0 fully saturated rings. The van der Waals surface area contributed by atoms with E-state index in [1.54, 1.807) is 0 Å². The van der Waals surface area contributed by atoms with E-state index in [9.17, 15) is 21.6 Å². The van der Waals surface area contributed by atoms with Gasteiger partial charge in [0.25, 0.3) is 0 Å². The maximum absolute atomic E-state index is 12.1. The van der Waals surface area contributed by atoms with E-state index in [4.69, 9.17) is 9.47 Å². The van der Waals surface area contributed by atoms with Gasteiger partial charge in [-0.2, -0.15) is 21.6 Å². The van der Waals surface area contributed by atoms with Crippen LogP contribution in [0.5, 0.6) is 0 Å². The van der Waals surface area contributed by atoms with Crippen molar-refractivity contribution in [3.8, 4) is 0 Å². The van der Waals surface area contributed by atoms with Crippen LogP contribution in [0.3, 0.4) is 0 Å². The zero-order valence-corrected chi connectivity index (χ0v) is 10.1. The molecule has 17 heavy (non-hydrogen) atoms. The third-order valence-electron chi connectivity index (χ3n) is 2.14. The molecule has 0 saturated carbocycles. The van der Waals surface area contributed by atoms with E-state index in [2.05, 4.69) is 4.18 Å². The smallest absolute Gasteiger partial charge is 0.378 e. The number of ether oxygens (including phenoxy) is 2. The van der Waals surface area contributed by atoms with Gasteiger partial charge in [0.1, 0.15) is 6.10 Å². The van der Waals surface area contributed by atoms with Gasteiger partial charge in [-0.1, -0.05) is 0 Å². The number of hydrogen-bond donors (Lipinski definition) is 0. The molecule has 0 radical (unpaired) electrons. The molecule has 0 N–H and O–H groups in total. The van der Waals surface area contributed by atoms with Crippen molar-refractivity contribution < 1.29 is 35.2 Å². The molecule has 0 aromatic rings. The molecule has 1 aliphatic rings. The third-order valence-corrected chi connectivity index (χ3v) is 3.10. The van der Waals surface area contributed by atoms with Crippen LogP contribution in [0.15, 0.2) is 11.3 Å². The zero-order valence-electron chi connectivity index (χ0n) is 9.24. The van der Waals surface area contributed by atoms with Crippen LogP contribution in [-0.4, -0.2) is 33.4 Å². The number of hydrogen-bond acceptors (Lipinski definition) is 5. The molecule has 9 heteroatoms. The van der Waals surface area contributed by atoms with E-state index >= 15 is 0 Å². The molecule has 1 aliphatic heterocycles. The summed E-state index contributed by atoms with van der Waals surface area (Å²) in [6.07, 6.45) is -1.82. The van der Waals surface area contributed by atoms with Crippen molar-refractivity contribution >= 4 is 10.1 Å². The molecule has 0 aliphatic carbocycles. The van der Waals surface area contributed by atoms with Crippen LogP contribution in [0, 0.1) is 0 Å². The SMILES string of the molecule is COC1OC(C)C(OS(=O)(=O)C(F)(F)F)=C1C. The fourth-order valence-electron chi connectivity index (χ4n) is 1.32. The van der Waals surface area contributed by atoms with Gasteiger partial charge < -0.3 is 13.7 Å². The van der Waals surface area contributed by atoms with Crippen molar-refractivity contribution in [2.75, 3.05) is 7.11 Å². The summed E-state index contributed by atoms with van der Waals surface area (Å²) >= 11 is 0. The summed E-state index contributed by atoms with van der Waals surface area (Å²) in [4.78, 5) is 0. The van der Waals surface area contributed by atoms with Gasteiger partial charge in [-0.25, -0.2) is 0 Å². The van der Waals surface area contributed by atoms with E-state index in [0.29, 0.717) is 0 Å². The zero-order chi connectivity index (χ0) is 13.4. The number of methoxy groups -OCH3 is 1. The van der Waals surface area contributed by atoms with Crippen LogP contribution in [0.4, 0.5) is 13.2 Å². The highest BCUT2D eigenvalue weighted by Crippen LogP contribution is 2.33. The molecule has 100 valence electrons. The lowest BCUT2D eigenvalue weighted by atomic mass is 10.2. The minimum atomic E-state index is -5.67. The fraction of sp³-hybridized carbons (Fsp3) is 0.750. The molecule has 5 nitrogen and oxygen atoms in total. The molecular weight excluding hydrogens is 265 g/mol. The Morgan fingerprint density at radius 1 is 1.35 bits per heavy atom. The van der Waals surface area contributed by atoms with Gasteiger partial charge in [0.15, 0.2) is 12.0 Å². The van der Waals surface area contributed by atoms with E-state index in [0.717, 1.165) is 0 Å². The normalized spacial score (nSPS) is 26.5. The average molecular weight is 276 g/mol. The largest absolute Gasteiger partial charge is 0.534 e. The van der Waals surface area contributed by atoms with E-state index < -0.39 is 33.8 Å². The number of rotatable bonds is 3. The van der Waals surface area contributed by atoms with Gasteiger partial charge in [0.2, 0.25) is 0 Å². The van der Waals surface area contributed by atoms with Gasteiger partial charge in [-0.05, 0) is 13.8 Å². The Morgan fingerprint density at radius 2 is 1.88 bits per heavy atom. The van der Waals surface area contributed by atoms with Crippen LogP contribution in [-0.2, 0) is 23.8 Å². The Kier molecular flexibility index (Phi) is 3.75. The quantitative estimate of drug-likeness (QED) is 0.577. The Hall–Kier alpha value is -0.800. The first kappa shape index (κ1) is 14.3. The summed E-state index contributed by atoms with van der Waals surface area (Å²) < 4.78 is 71.8. The monoisotopic (exact) mass is 276 g/mol. The standard InChI is InChI=1S/C8H11F3O5S/c1-4-6(5(2)15-7(4)14-3)16-17(12,13)8(9,10)11/h5,7H,1-3H3. The fourth-order valence-corrected chi connectivity index (χ4v) is 1.92. The lowest BCUT2D eigenvalue weighted by molar-refractivity contribution is -0.103. The van der Waals surface area contributed by atoms with Gasteiger partial charge in [-0.15, -0.1) is 0 Å². The van der Waals surface area contributed by atoms with Gasteiger partial charge >= 0.3 is 15.6 Å². The molecule has 1 heterocycles. The summed E-state index contributed by atoms with van der Waals surface area (Å²) in [6, 6.07) is 0. The van der Waals surface area contributed by atoms with Crippen LogP contribution >= 0.6 is 0 Å². The summed E-state index contributed by atoms with van der Waals surface area (Å²) in [6.45, 7) is 2.74. The maximum atomic E-state index is 12.1. The molecule has 2 atom stereocenters. The van der Waals surface area contributed by atoms with E-state index in [1.807, 2.05) is 0 Å². The average Bonchev–Trinajstić information content (AvgIpc) is 2.43. The van der Waals surface area contributed by atoms with E-state index in [1.165, 1.54) is 21.0 Å². The highest BCUT2D eigenvalue weighted by Gasteiger charge is 2.50. The van der Waals surface area contributed by atoms with Crippen molar-refractivity contribution in [3.05, 3.63) is 11.3 Å².